The van der Waals surface area contributed by atoms with Gasteiger partial charge in [0.2, 0.25) is 0 Å². The Bertz CT molecular complexity index is 673. The van der Waals surface area contributed by atoms with Crippen LogP contribution in [0, 0.1) is 18.6 Å². The van der Waals surface area contributed by atoms with Gasteiger partial charge in [-0.3, -0.25) is 0 Å². The fraction of sp³-hybridized carbons (Fsp3) is 0.235. The van der Waals surface area contributed by atoms with E-state index in [0.29, 0.717) is 10.8 Å². The lowest BCUT2D eigenvalue weighted by Gasteiger charge is -2.21. The van der Waals surface area contributed by atoms with Crippen LogP contribution in [0.25, 0.3) is 0 Å². The van der Waals surface area contributed by atoms with Crippen molar-refractivity contribution in [3.63, 3.8) is 0 Å². The predicted octanol–water partition coefficient (Wildman–Crippen LogP) is 4.71. The molecule has 0 aliphatic carbocycles. The van der Waals surface area contributed by atoms with E-state index in [2.05, 4.69) is 23.6 Å². The van der Waals surface area contributed by atoms with E-state index < -0.39 is 11.6 Å². The van der Waals surface area contributed by atoms with Crippen molar-refractivity contribution >= 4 is 23.0 Å². The highest BCUT2D eigenvalue weighted by molar-refractivity contribution is 7.80. The van der Waals surface area contributed by atoms with Crippen molar-refractivity contribution in [2.75, 3.05) is 5.32 Å². The van der Waals surface area contributed by atoms with Crippen LogP contribution >= 0.6 is 12.2 Å². The minimum absolute atomic E-state index is 0.0616. The van der Waals surface area contributed by atoms with Crippen LogP contribution in [-0.2, 0) is 0 Å². The molecule has 0 aromatic heterocycles. The Morgan fingerprint density at radius 1 is 1.14 bits per heavy atom. The Kier molecular flexibility index (Phi) is 5.44. The van der Waals surface area contributed by atoms with Crippen LogP contribution in [0.5, 0.6) is 0 Å². The van der Waals surface area contributed by atoms with Gasteiger partial charge in [-0.15, -0.1) is 0 Å². The van der Waals surface area contributed by atoms with Crippen molar-refractivity contribution in [2.24, 2.45) is 0 Å². The number of aryl methyl sites for hydroxylation is 1. The molecule has 2 nitrogen and oxygen atoms in total. The third kappa shape index (κ3) is 4.01. The predicted molar refractivity (Wildman–Crippen MR) is 89.9 cm³/mol. The van der Waals surface area contributed by atoms with E-state index in [-0.39, 0.29) is 6.04 Å². The molecular weight excluding hydrogens is 302 g/mol. The van der Waals surface area contributed by atoms with Gasteiger partial charge >= 0.3 is 0 Å². The number of benzene rings is 2. The molecule has 0 saturated heterocycles. The zero-order valence-electron chi connectivity index (χ0n) is 12.5. The second kappa shape index (κ2) is 7.31. The van der Waals surface area contributed by atoms with E-state index in [1.165, 1.54) is 17.2 Å². The number of thiocarbonyl (C=S) groups is 1. The molecule has 2 aromatic rings. The summed E-state index contributed by atoms with van der Waals surface area (Å²) in [6.45, 7) is 4.11. The molecule has 22 heavy (non-hydrogen) atoms. The second-order valence-electron chi connectivity index (χ2n) is 5.04. The summed E-state index contributed by atoms with van der Waals surface area (Å²) in [7, 11) is 0. The Morgan fingerprint density at radius 3 is 2.50 bits per heavy atom. The lowest BCUT2D eigenvalue weighted by atomic mass is 10.00. The van der Waals surface area contributed by atoms with Gasteiger partial charge in [0, 0.05) is 11.8 Å². The van der Waals surface area contributed by atoms with E-state index in [0.717, 1.165) is 18.6 Å². The van der Waals surface area contributed by atoms with Gasteiger partial charge in [-0.2, -0.15) is 0 Å². The molecule has 0 fully saturated rings. The van der Waals surface area contributed by atoms with Crippen molar-refractivity contribution in [1.82, 2.24) is 5.32 Å². The first-order valence-corrected chi connectivity index (χ1v) is 7.50. The molecule has 116 valence electrons. The average Bonchev–Trinajstić information content (AvgIpc) is 2.49. The minimum atomic E-state index is -0.904. The standard InChI is InChI=1S/C17H18F2N2S/c1-3-16(13-7-5-4-6-11(13)2)21-17(22)20-12-8-9-14(18)15(19)10-12/h4-10,16H,3H2,1-2H3,(H2,20,21,22)/t16-/m1/s1. The maximum absolute atomic E-state index is 13.2. The van der Waals surface area contributed by atoms with Gasteiger partial charge in [-0.1, -0.05) is 31.2 Å². The molecular formula is C17H18F2N2S. The number of nitrogens with one attached hydrogen (secondary N) is 2. The lowest BCUT2D eigenvalue weighted by molar-refractivity contribution is 0.509. The molecule has 2 N–H and O–H groups in total. The van der Waals surface area contributed by atoms with E-state index in [1.807, 2.05) is 25.1 Å². The Balaban J connectivity index is 2.06. The van der Waals surface area contributed by atoms with Gasteiger partial charge < -0.3 is 10.6 Å². The van der Waals surface area contributed by atoms with E-state index >= 15 is 0 Å². The fourth-order valence-corrected chi connectivity index (χ4v) is 2.54. The fourth-order valence-electron chi connectivity index (χ4n) is 2.28. The van der Waals surface area contributed by atoms with Crippen molar-refractivity contribution in [3.05, 3.63) is 65.2 Å². The van der Waals surface area contributed by atoms with Gasteiger partial charge in [0.1, 0.15) is 0 Å². The van der Waals surface area contributed by atoms with Crippen LogP contribution in [0.4, 0.5) is 14.5 Å². The molecule has 0 aliphatic rings. The van der Waals surface area contributed by atoms with Crippen LogP contribution in [0.2, 0.25) is 0 Å². The Hall–Kier alpha value is -2.01. The van der Waals surface area contributed by atoms with Crippen molar-refractivity contribution < 1.29 is 8.78 Å². The van der Waals surface area contributed by atoms with Crippen LogP contribution < -0.4 is 10.6 Å². The zero-order valence-corrected chi connectivity index (χ0v) is 13.3. The summed E-state index contributed by atoms with van der Waals surface area (Å²) in [5, 5.41) is 6.46. The highest BCUT2D eigenvalue weighted by atomic mass is 32.1. The molecule has 5 heteroatoms. The normalized spacial score (nSPS) is 11.8. The van der Waals surface area contributed by atoms with Gasteiger partial charge in [-0.25, -0.2) is 8.78 Å². The second-order valence-corrected chi connectivity index (χ2v) is 5.45. The largest absolute Gasteiger partial charge is 0.356 e. The van der Waals surface area contributed by atoms with E-state index in [4.69, 9.17) is 12.2 Å². The van der Waals surface area contributed by atoms with E-state index in [9.17, 15) is 8.78 Å². The molecule has 0 bridgehead atoms. The third-order valence-corrected chi connectivity index (χ3v) is 3.67. The number of hydrogen-bond donors (Lipinski definition) is 2. The molecule has 2 rings (SSSR count). The van der Waals surface area contributed by atoms with Gasteiger partial charge in [0.25, 0.3) is 0 Å². The summed E-state index contributed by atoms with van der Waals surface area (Å²) in [5.41, 5.74) is 2.76. The van der Waals surface area contributed by atoms with E-state index in [1.54, 1.807) is 0 Å². The Morgan fingerprint density at radius 2 is 1.86 bits per heavy atom. The summed E-state index contributed by atoms with van der Waals surface area (Å²) < 4.78 is 26.1. The molecule has 1 atom stereocenters. The Labute approximate surface area is 134 Å². The summed E-state index contributed by atoms with van der Waals surface area (Å²) in [6.07, 6.45) is 0.852. The van der Waals surface area contributed by atoms with Crippen molar-refractivity contribution in [3.8, 4) is 0 Å². The lowest BCUT2D eigenvalue weighted by Crippen LogP contribution is -2.32. The number of rotatable bonds is 4. The summed E-state index contributed by atoms with van der Waals surface area (Å²) >= 11 is 5.26. The molecule has 2 aromatic carbocycles. The molecule has 0 amide bonds. The SMILES string of the molecule is CC[C@@H](NC(=S)Nc1ccc(F)c(F)c1)c1ccccc1C. The maximum Gasteiger partial charge on any atom is 0.171 e. The van der Waals surface area contributed by atoms with Crippen LogP contribution in [-0.4, -0.2) is 5.11 Å². The van der Waals surface area contributed by atoms with Gasteiger partial charge in [0.05, 0.1) is 6.04 Å². The molecule has 0 unspecified atom stereocenters. The van der Waals surface area contributed by atoms with Crippen LogP contribution in [0.15, 0.2) is 42.5 Å². The number of hydrogen-bond acceptors (Lipinski definition) is 1. The first kappa shape index (κ1) is 16.4. The van der Waals surface area contributed by atoms with Crippen molar-refractivity contribution in [1.29, 1.82) is 0 Å². The smallest absolute Gasteiger partial charge is 0.171 e. The first-order valence-electron chi connectivity index (χ1n) is 7.09. The third-order valence-electron chi connectivity index (χ3n) is 3.45. The zero-order chi connectivity index (χ0) is 16.1. The molecule has 0 radical (unpaired) electrons. The summed E-state index contributed by atoms with van der Waals surface area (Å²) in [5.74, 6) is -1.78. The monoisotopic (exact) mass is 320 g/mol. The van der Waals surface area contributed by atoms with Gasteiger partial charge in [-0.05, 0) is 48.8 Å². The molecule has 0 aliphatic heterocycles. The molecule has 0 saturated carbocycles. The first-order chi connectivity index (χ1) is 10.5. The maximum atomic E-state index is 13.2. The van der Waals surface area contributed by atoms with Crippen LogP contribution in [0.1, 0.15) is 30.5 Å². The number of halogens is 2. The van der Waals surface area contributed by atoms with Gasteiger partial charge in [0.15, 0.2) is 16.7 Å². The summed E-state index contributed by atoms with van der Waals surface area (Å²) in [6, 6.07) is 11.7. The molecule has 0 heterocycles. The topological polar surface area (TPSA) is 24.1 Å². The molecule has 0 spiro atoms. The van der Waals surface area contributed by atoms with Crippen molar-refractivity contribution in [2.45, 2.75) is 26.3 Å². The average molecular weight is 320 g/mol. The van der Waals surface area contributed by atoms with Crippen LogP contribution in [0.3, 0.4) is 0 Å². The minimum Gasteiger partial charge on any atom is -0.356 e. The number of anilines is 1. The highest BCUT2D eigenvalue weighted by Crippen LogP contribution is 2.20. The quantitative estimate of drug-likeness (QED) is 0.798. The highest BCUT2D eigenvalue weighted by Gasteiger charge is 2.13. The summed E-state index contributed by atoms with van der Waals surface area (Å²) in [4.78, 5) is 0.